The van der Waals surface area contributed by atoms with E-state index in [1.54, 1.807) is 26.4 Å². The number of carboxylic acids is 1. The highest BCUT2D eigenvalue weighted by Crippen LogP contribution is 2.50. The number of aryl methyl sites for hydroxylation is 2. The van der Waals surface area contributed by atoms with Gasteiger partial charge in [0.2, 0.25) is 0 Å². The van der Waals surface area contributed by atoms with E-state index in [1.165, 1.54) is 18.7 Å². The van der Waals surface area contributed by atoms with Crippen LogP contribution in [0.4, 0.5) is 4.39 Å². The van der Waals surface area contributed by atoms with Crippen molar-refractivity contribution < 1.29 is 28.5 Å². The van der Waals surface area contributed by atoms with Crippen molar-refractivity contribution in [1.29, 1.82) is 0 Å². The Balaban J connectivity index is 0.00000507. The van der Waals surface area contributed by atoms with Gasteiger partial charge in [0, 0.05) is 12.5 Å². The van der Waals surface area contributed by atoms with Crippen LogP contribution >= 0.6 is 12.4 Å². The first-order valence-corrected chi connectivity index (χ1v) is 13.4. The minimum Gasteiger partial charge on any atom is -0.493 e. The van der Waals surface area contributed by atoms with Gasteiger partial charge in [-0.3, -0.25) is 0 Å². The van der Waals surface area contributed by atoms with Crippen LogP contribution in [0.3, 0.4) is 0 Å². The number of carboxylic acid groups (broad SMARTS) is 1. The number of hydrogen-bond acceptors (Lipinski definition) is 5. The van der Waals surface area contributed by atoms with Crippen molar-refractivity contribution in [3.63, 3.8) is 0 Å². The fraction of sp³-hybridized carbons (Fsp3) is 0.567. The van der Waals surface area contributed by atoms with Crippen LogP contribution in [0.1, 0.15) is 62.1 Å². The number of unbranched alkanes of at least 4 members (excludes halogenated alkanes) is 1. The van der Waals surface area contributed by atoms with Crippen molar-refractivity contribution in [2.24, 2.45) is 5.92 Å². The number of methoxy groups -OCH3 is 3. The second-order valence-electron chi connectivity index (χ2n) is 9.97. The van der Waals surface area contributed by atoms with E-state index in [-0.39, 0.29) is 24.1 Å². The first-order valence-electron chi connectivity index (χ1n) is 13.4. The molecule has 0 spiro atoms. The summed E-state index contributed by atoms with van der Waals surface area (Å²) >= 11 is 0. The third-order valence-electron chi connectivity index (χ3n) is 7.87. The van der Waals surface area contributed by atoms with Crippen molar-refractivity contribution in [3.05, 3.63) is 58.9 Å². The summed E-state index contributed by atoms with van der Waals surface area (Å²) in [5.74, 6) is 0.352. The lowest BCUT2D eigenvalue weighted by Crippen LogP contribution is -2.53. The molecule has 6 nitrogen and oxygen atoms in total. The van der Waals surface area contributed by atoms with E-state index in [0.29, 0.717) is 6.42 Å². The predicted molar refractivity (Wildman–Crippen MR) is 150 cm³/mol. The van der Waals surface area contributed by atoms with Crippen molar-refractivity contribution in [2.45, 2.75) is 69.8 Å². The zero-order valence-corrected chi connectivity index (χ0v) is 23.9. The standard InChI is InChI=1S/C30H42FNO5.ClH/c1-5-6-16-30(28(37-4)29(33)34)23(11-10-22-20-24(31)12-13-25(22)30)15-18-32-17-7-8-21-9-14-26(35-2)27(19-21)36-3;/h9,12-14,19-20,23,28,32H,5-8,10-11,15-18H2,1-4H3,(H,33,34);1H. The van der Waals surface area contributed by atoms with Crippen molar-refractivity contribution >= 4 is 18.4 Å². The largest absolute Gasteiger partial charge is 0.493 e. The highest BCUT2D eigenvalue weighted by Gasteiger charge is 2.52. The lowest BCUT2D eigenvalue weighted by atomic mass is 9.57. The van der Waals surface area contributed by atoms with E-state index in [2.05, 4.69) is 18.3 Å². The average molecular weight is 552 g/mol. The molecule has 2 aromatic carbocycles. The van der Waals surface area contributed by atoms with E-state index in [4.69, 9.17) is 14.2 Å². The average Bonchev–Trinajstić information content (AvgIpc) is 2.90. The summed E-state index contributed by atoms with van der Waals surface area (Å²) in [5, 5.41) is 13.7. The molecule has 3 rings (SSSR count). The highest BCUT2D eigenvalue weighted by atomic mass is 35.5. The molecule has 0 bridgehead atoms. The molecule has 0 amide bonds. The Morgan fingerprint density at radius 2 is 1.87 bits per heavy atom. The van der Waals surface area contributed by atoms with Crippen LogP contribution in [-0.2, 0) is 27.8 Å². The molecule has 0 heterocycles. The summed E-state index contributed by atoms with van der Waals surface area (Å²) in [6, 6.07) is 10.8. The third-order valence-corrected chi connectivity index (χ3v) is 7.87. The molecule has 3 unspecified atom stereocenters. The molecule has 212 valence electrons. The summed E-state index contributed by atoms with van der Waals surface area (Å²) in [7, 11) is 4.75. The molecule has 0 aliphatic heterocycles. The monoisotopic (exact) mass is 551 g/mol. The molecule has 0 saturated heterocycles. The van der Waals surface area contributed by atoms with Gasteiger partial charge < -0.3 is 24.6 Å². The normalized spacial score (nSPS) is 19.2. The van der Waals surface area contributed by atoms with Crippen molar-refractivity contribution in [2.75, 3.05) is 34.4 Å². The quantitative estimate of drug-likeness (QED) is 0.266. The predicted octanol–water partition coefficient (Wildman–Crippen LogP) is 5.97. The maximum Gasteiger partial charge on any atom is 0.333 e. The van der Waals surface area contributed by atoms with Gasteiger partial charge in [0.15, 0.2) is 17.6 Å². The van der Waals surface area contributed by atoms with Gasteiger partial charge in [0.25, 0.3) is 0 Å². The summed E-state index contributed by atoms with van der Waals surface area (Å²) in [6.07, 6.45) is 5.87. The van der Waals surface area contributed by atoms with Gasteiger partial charge >= 0.3 is 5.97 Å². The number of fused-ring (bicyclic) bond motifs is 1. The zero-order chi connectivity index (χ0) is 26.8. The summed E-state index contributed by atoms with van der Waals surface area (Å²) in [5.41, 5.74) is 2.37. The van der Waals surface area contributed by atoms with Crippen LogP contribution in [0.25, 0.3) is 0 Å². The minimum absolute atomic E-state index is 0. The molecule has 38 heavy (non-hydrogen) atoms. The van der Waals surface area contributed by atoms with Crippen molar-refractivity contribution in [3.8, 4) is 11.5 Å². The van der Waals surface area contributed by atoms with Crippen LogP contribution in [0, 0.1) is 11.7 Å². The number of hydrogen-bond donors (Lipinski definition) is 2. The highest BCUT2D eigenvalue weighted by molar-refractivity contribution is 5.85. The Morgan fingerprint density at radius 3 is 2.53 bits per heavy atom. The van der Waals surface area contributed by atoms with Crippen LogP contribution < -0.4 is 14.8 Å². The molecule has 2 N–H and O–H groups in total. The molecular formula is C30H43ClFNO5. The SMILES string of the molecule is CCCCC1(C(OC)C(=O)O)c2ccc(F)cc2CCC1CCNCCCc1ccc(OC)c(OC)c1.Cl. The Labute approximate surface area is 232 Å². The van der Waals surface area contributed by atoms with Crippen LogP contribution in [0.5, 0.6) is 11.5 Å². The molecule has 8 heteroatoms. The van der Waals surface area contributed by atoms with Gasteiger partial charge in [0.1, 0.15) is 5.82 Å². The van der Waals surface area contributed by atoms with Gasteiger partial charge in [0.05, 0.1) is 14.2 Å². The fourth-order valence-electron chi connectivity index (χ4n) is 6.11. The molecule has 1 aliphatic carbocycles. The number of benzene rings is 2. The van der Waals surface area contributed by atoms with Crippen LogP contribution in [0.2, 0.25) is 0 Å². The summed E-state index contributed by atoms with van der Waals surface area (Å²) in [6.45, 7) is 3.76. The van der Waals surface area contributed by atoms with Crippen LogP contribution in [0.15, 0.2) is 36.4 Å². The van der Waals surface area contributed by atoms with Gasteiger partial charge in [-0.25, -0.2) is 9.18 Å². The second-order valence-corrected chi connectivity index (χ2v) is 9.97. The molecular weight excluding hydrogens is 509 g/mol. The maximum atomic E-state index is 14.1. The zero-order valence-electron chi connectivity index (χ0n) is 23.1. The van der Waals surface area contributed by atoms with Gasteiger partial charge in [-0.1, -0.05) is 31.9 Å². The van der Waals surface area contributed by atoms with E-state index in [9.17, 15) is 14.3 Å². The first-order chi connectivity index (χ1) is 17.9. The smallest absolute Gasteiger partial charge is 0.333 e. The first kappa shape index (κ1) is 31.9. The number of nitrogens with one attached hydrogen (secondary N) is 1. The summed E-state index contributed by atoms with van der Waals surface area (Å²) in [4.78, 5) is 12.4. The Bertz CT molecular complexity index is 1040. The van der Waals surface area contributed by atoms with Crippen molar-refractivity contribution in [1.82, 2.24) is 5.32 Å². The number of halogens is 2. The molecule has 1 aliphatic rings. The third kappa shape index (κ3) is 7.19. The Hall–Kier alpha value is -2.35. The molecule has 0 radical (unpaired) electrons. The number of ether oxygens (including phenoxy) is 3. The molecule has 3 atom stereocenters. The van der Waals surface area contributed by atoms with Gasteiger partial charge in [-0.2, -0.15) is 0 Å². The maximum absolute atomic E-state index is 14.1. The molecule has 0 saturated carbocycles. The minimum atomic E-state index is -0.974. The summed E-state index contributed by atoms with van der Waals surface area (Å²) < 4.78 is 30.5. The molecule has 0 aromatic heterocycles. The number of rotatable bonds is 15. The number of carbonyl (C=O) groups is 1. The van der Waals surface area contributed by atoms with Gasteiger partial charge in [-0.05, 0) is 98.5 Å². The second kappa shape index (κ2) is 15.3. The Kier molecular flexibility index (Phi) is 12.8. The van der Waals surface area contributed by atoms with E-state index in [1.807, 2.05) is 12.1 Å². The molecule has 2 aromatic rings. The topological polar surface area (TPSA) is 77.0 Å². The lowest BCUT2D eigenvalue weighted by Gasteiger charge is -2.48. The Morgan fingerprint density at radius 1 is 1.11 bits per heavy atom. The van der Waals surface area contributed by atoms with Crippen LogP contribution in [-0.4, -0.2) is 51.6 Å². The molecule has 0 fully saturated rings. The fourth-order valence-corrected chi connectivity index (χ4v) is 6.11. The van der Waals surface area contributed by atoms with E-state index >= 15 is 0 Å². The van der Waals surface area contributed by atoms with E-state index < -0.39 is 17.5 Å². The lowest BCUT2D eigenvalue weighted by molar-refractivity contribution is -0.156. The number of aliphatic carboxylic acids is 1. The van der Waals surface area contributed by atoms with Gasteiger partial charge in [-0.15, -0.1) is 12.4 Å². The van der Waals surface area contributed by atoms with E-state index in [0.717, 1.165) is 80.7 Å².